The van der Waals surface area contributed by atoms with Gasteiger partial charge < -0.3 is 9.32 Å². The standard InChI is InChI=1S/C19H32N2O/c1-16-6-7-17(22-16)12-20-11-9-19(14-20)8-5-10-21(15-19)13-18(2,3)4/h6-7H,5,8-15H2,1-4H3/t19-/m1/s1. The molecule has 3 rings (SSSR count). The molecule has 1 aromatic rings. The van der Waals surface area contributed by atoms with E-state index < -0.39 is 0 Å². The van der Waals surface area contributed by atoms with Crippen LogP contribution in [0.2, 0.25) is 0 Å². The van der Waals surface area contributed by atoms with Crippen LogP contribution in [0, 0.1) is 17.8 Å². The zero-order valence-corrected chi connectivity index (χ0v) is 14.8. The van der Waals surface area contributed by atoms with Gasteiger partial charge in [0.25, 0.3) is 0 Å². The number of piperidine rings is 1. The number of hydrogen-bond acceptors (Lipinski definition) is 3. The van der Waals surface area contributed by atoms with Gasteiger partial charge in [0.15, 0.2) is 0 Å². The minimum atomic E-state index is 0.405. The average molecular weight is 304 g/mol. The van der Waals surface area contributed by atoms with Gasteiger partial charge in [0.05, 0.1) is 6.54 Å². The molecule has 2 fully saturated rings. The Morgan fingerprint density at radius 3 is 2.55 bits per heavy atom. The van der Waals surface area contributed by atoms with Crippen molar-refractivity contribution < 1.29 is 4.42 Å². The first kappa shape index (κ1) is 16.1. The van der Waals surface area contributed by atoms with Gasteiger partial charge in [-0.05, 0) is 62.2 Å². The molecule has 0 unspecified atom stereocenters. The Labute approximate surface area is 135 Å². The van der Waals surface area contributed by atoms with Crippen LogP contribution in [0.4, 0.5) is 0 Å². The molecule has 1 spiro atoms. The van der Waals surface area contributed by atoms with Crippen molar-refractivity contribution in [3.05, 3.63) is 23.7 Å². The maximum absolute atomic E-state index is 5.76. The van der Waals surface area contributed by atoms with Crippen molar-refractivity contribution >= 4 is 0 Å². The summed E-state index contributed by atoms with van der Waals surface area (Å²) in [7, 11) is 0. The maximum Gasteiger partial charge on any atom is 0.118 e. The molecular weight excluding hydrogens is 272 g/mol. The summed E-state index contributed by atoms with van der Waals surface area (Å²) in [6.07, 6.45) is 4.12. The van der Waals surface area contributed by atoms with E-state index in [2.05, 4.69) is 42.7 Å². The van der Waals surface area contributed by atoms with Crippen molar-refractivity contribution in [2.75, 3.05) is 32.7 Å². The highest BCUT2D eigenvalue weighted by atomic mass is 16.3. The van der Waals surface area contributed by atoms with Crippen molar-refractivity contribution in [3.63, 3.8) is 0 Å². The van der Waals surface area contributed by atoms with Crippen LogP contribution in [0.15, 0.2) is 16.5 Å². The first-order chi connectivity index (χ1) is 10.3. The zero-order chi connectivity index (χ0) is 15.8. The van der Waals surface area contributed by atoms with Gasteiger partial charge in [-0.3, -0.25) is 4.90 Å². The number of likely N-dealkylation sites (tertiary alicyclic amines) is 2. The molecule has 22 heavy (non-hydrogen) atoms. The lowest BCUT2D eigenvalue weighted by atomic mass is 9.78. The van der Waals surface area contributed by atoms with E-state index in [0.29, 0.717) is 10.8 Å². The fraction of sp³-hybridized carbons (Fsp3) is 0.789. The summed E-state index contributed by atoms with van der Waals surface area (Å²) in [5.74, 6) is 2.15. The maximum atomic E-state index is 5.76. The predicted molar refractivity (Wildman–Crippen MR) is 90.9 cm³/mol. The third-order valence-corrected chi connectivity index (χ3v) is 5.13. The van der Waals surface area contributed by atoms with E-state index in [9.17, 15) is 0 Å². The Morgan fingerprint density at radius 1 is 1.09 bits per heavy atom. The van der Waals surface area contributed by atoms with Gasteiger partial charge in [-0.1, -0.05) is 20.8 Å². The minimum absolute atomic E-state index is 0.405. The van der Waals surface area contributed by atoms with Gasteiger partial charge in [-0.25, -0.2) is 0 Å². The predicted octanol–water partition coefficient (Wildman–Crippen LogP) is 3.92. The molecule has 3 nitrogen and oxygen atoms in total. The third-order valence-electron chi connectivity index (χ3n) is 5.13. The second kappa shape index (κ2) is 6.01. The number of rotatable bonds is 3. The van der Waals surface area contributed by atoms with E-state index in [1.807, 2.05) is 6.92 Å². The third kappa shape index (κ3) is 3.94. The minimum Gasteiger partial charge on any atom is -0.465 e. The van der Waals surface area contributed by atoms with Crippen LogP contribution >= 0.6 is 0 Å². The van der Waals surface area contributed by atoms with Gasteiger partial charge in [-0.15, -0.1) is 0 Å². The first-order valence-corrected chi connectivity index (χ1v) is 8.84. The van der Waals surface area contributed by atoms with Crippen molar-refractivity contribution in [1.29, 1.82) is 0 Å². The summed E-state index contributed by atoms with van der Waals surface area (Å²) in [5, 5.41) is 0. The first-order valence-electron chi connectivity index (χ1n) is 8.84. The highest BCUT2D eigenvalue weighted by molar-refractivity contribution is 5.06. The molecule has 2 aliphatic heterocycles. The van der Waals surface area contributed by atoms with Crippen LogP contribution in [0.1, 0.15) is 51.6 Å². The Balaban J connectivity index is 1.58. The number of aryl methyl sites for hydroxylation is 1. The van der Waals surface area contributed by atoms with Crippen LogP contribution in [0.25, 0.3) is 0 Å². The van der Waals surface area contributed by atoms with E-state index in [1.165, 1.54) is 52.0 Å². The SMILES string of the molecule is Cc1ccc(CN2CC[C@]3(CCCN(CC(C)(C)C)C3)C2)o1. The monoisotopic (exact) mass is 304 g/mol. The summed E-state index contributed by atoms with van der Waals surface area (Å²) in [6.45, 7) is 16.4. The Morgan fingerprint density at radius 2 is 1.86 bits per heavy atom. The molecule has 0 radical (unpaired) electrons. The normalized spacial score (nSPS) is 27.8. The van der Waals surface area contributed by atoms with Gasteiger partial charge >= 0.3 is 0 Å². The molecule has 0 bridgehead atoms. The number of hydrogen-bond donors (Lipinski definition) is 0. The molecule has 124 valence electrons. The molecule has 2 saturated heterocycles. The lowest BCUT2D eigenvalue weighted by molar-refractivity contribution is 0.0667. The molecule has 1 aromatic heterocycles. The summed E-state index contributed by atoms with van der Waals surface area (Å²) < 4.78 is 5.76. The Hall–Kier alpha value is -0.800. The smallest absolute Gasteiger partial charge is 0.118 e. The fourth-order valence-corrected chi connectivity index (χ4v) is 4.40. The molecule has 3 heterocycles. The van der Waals surface area contributed by atoms with Gasteiger partial charge in [-0.2, -0.15) is 0 Å². The Kier molecular flexibility index (Phi) is 4.39. The highest BCUT2D eigenvalue weighted by Crippen LogP contribution is 2.40. The largest absolute Gasteiger partial charge is 0.465 e. The van der Waals surface area contributed by atoms with Crippen LogP contribution in [-0.4, -0.2) is 42.5 Å². The Bertz CT molecular complexity index is 502. The second-order valence-corrected chi connectivity index (χ2v) is 8.85. The highest BCUT2D eigenvalue weighted by Gasteiger charge is 2.41. The second-order valence-electron chi connectivity index (χ2n) is 8.85. The van der Waals surface area contributed by atoms with Crippen molar-refractivity contribution in [2.45, 2.75) is 53.5 Å². The number of furan rings is 1. The molecule has 2 aliphatic rings. The van der Waals surface area contributed by atoms with E-state index >= 15 is 0 Å². The zero-order valence-electron chi connectivity index (χ0n) is 14.8. The van der Waals surface area contributed by atoms with Gasteiger partial charge in [0, 0.05) is 19.6 Å². The van der Waals surface area contributed by atoms with Crippen molar-refractivity contribution in [3.8, 4) is 0 Å². The lowest BCUT2D eigenvalue weighted by Gasteiger charge is -2.42. The van der Waals surface area contributed by atoms with Crippen LogP contribution < -0.4 is 0 Å². The summed E-state index contributed by atoms with van der Waals surface area (Å²) >= 11 is 0. The van der Waals surface area contributed by atoms with Crippen LogP contribution in [-0.2, 0) is 6.54 Å². The molecular formula is C19H32N2O. The topological polar surface area (TPSA) is 19.6 Å². The molecule has 0 amide bonds. The van der Waals surface area contributed by atoms with E-state index in [0.717, 1.165) is 18.1 Å². The van der Waals surface area contributed by atoms with Gasteiger partial charge in [0.1, 0.15) is 11.5 Å². The summed E-state index contributed by atoms with van der Waals surface area (Å²) in [4.78, 5) is 5.31. The molecule has 3 heteroatoms. The molecule has 1 atom stereocenters. The summed E-state index contributed by atoms with van der Waals surface area (Å²) in [6, 6.07) is 4.21. The number of nitrogens with zero attached hydrogens (tertiary/aromatic N) is 2. The molecule has 0 aliphatic carbocycles. The van der Waals surface area contributed by atoms with E-state index in [4.69, 9.17) is 4.42 Å². The molecule has 0 saturated carbocycles. The van der Waals surface area contributed by atoms with E-state index in [-0.39, 0.29) is 0 Å². The summed E-state index contributed by atoms with van der Waals surface area (Å²) in [5.41, 5.74) is 0.938. The average Bonchev–Trinajstić information content (AvgIpc) is 2.96. The molecule has 0 aromatic carbocycles. The fourth-order valence-electron chi connectivity index (χ4n) is 4.40. The lowest BCUT2D eigenvalue weighted by Crippen LogP contribution is -2.47. The molecule has 0 N–H and O–H groups in total. The van der Waals surface area contributed by atoms with Crippen molar-refractivity contribution in [2.24, 2.45) is 10.8 Å². The quantitative estimate of drug-likeness (QED) is 0.844. The van der Waals surface area contributed by atoms with Crippen LogP contribution in [0.5, 0.6) is 0 Å². The van der Waals surface area contributed by atoms with Crippen LogP contribution in [0.3, 0.4) is 0 Å². The van der Waals surface area contributed by atoms with Crippen molar-refractivity contribution in [1.82, 2.24) is 9.80 Å². The van der Waals surface area contributed by atoms with Gasteiger partial charge in [0.2, 0.25) is 0 Å². The van der Waals surface area contributed by atoms with E-state index in [1.54, 1.807) is 0 Å².